The van der Waals surface area contributed by atoms with Crippen LogP contribution in [0.1, 0.15) is 22.8 Å². The summed E-state index contributed by atoms with van der Waals surface area (Å²) in [5.74, 6) is -5.42. The van der Waals surface area contributed by atoms with E-state index < -0.39 is 39.0 Å². The van der Waals surface area contributed by atoms with E-state index in [1.165, 1.54) is 24.5 Å². The summed E-state index contributed by atoms with van der Waals surface area (Å²) in [5, 5.41) is 5.31. The number of amides is 1. The quantitative estimate of drug-likeness (QED) is 0.534. The summed E-state index contributed by atoms with van der Waals surface area (Å²) in [7, 11) is -4.03. The molecule has 0 bridgehead atoms. The van der Waals surface area contributed by atoms with Gasteiger partial charge in [0.1, 0.15) is 10.6 Å². The minimum atomic E-state index is -4.03. The van der Waals surface area contributed by atoms with Crippen LogP contribution >= 0.6 is 0 Å². The van der Waals surface area contributed by atoms with Crippen molar-refractivity contribution < 1.29 is 26.4 Å². The first-order valence-electron chi connectivity index (χ1n) is 8.92. The lowest BCUT2D eigenvalue weighted by molar-refractivity contribution is 0.102. The average molecular weight is 448 g/mol. The van der Waals surface area contributed by atoms with E-state index in [1.54, 1.807) is 19.1 Å². The number of hydrogen-bond donors (Lipinski definition) is 3. The van der Waals surface area contributed by atoms with Crippen LogP contribution in [-0.4, -0.2) is 19.3 Å². The highest BCUT2D eigenvalue weighted by molar-refractivity contribution is 7.89. The molecule has 31 heavy (non-hydrogen) atoms. The fraction of sp³-hybridized carbons (Fsp3) is 0.100. The lowest BCUT2D eigenvalue weighted by Crippen LogP contribution is -2.52. The fourth-order valence-electron chi connectivity index (χ4n) is 3.26. The number of aromatic nitrogens is 1. The number of sulfonamides is 1. The first kappa shape index (κ1) is 20.8. The van der Waals surface area contributed by atoms with Crippen LogP contribution in [0.5, 0.6) is 0 Å². The number of anilines is 2. The number of carbonyl (C=O) groups excluding carboxylic acids is 1. The largest absolute Gasteiger partial charge is 0.362 e. The van der Waals surface area contributed by atoms with E-state index in [9.17, 15) is 26.4 Å². The smallest absolute Gasteiger partial charge is 0.255 e. The first-order valence-corrected chi connectivity index (χ1v) is 10.4. The molecule has 0 radical (unpaired) electrons. The lowest BCUT2D eigenvalue weighted by atomic mass is 10.0. The molecule has 2 aromatic carbocycles. The van der Waals surface area contributed by atoms with Crippen LogP contribution in [0.15, 0.2) is 59.8 Å². The van der Waals surface area contributed by atoms with Crippen LogP contribution in [0.25, 0.3) is 0 Å². The average Bonchev–Trinajstić information content (AvgIpc) is 2.72. The summed E-state index contributed by atoms with van der Waals surface area (Å²) in [6.07, 6.45) is 3.06. The van der Waals surface area contributed by atoms with E-state index in [2.05, 4.69) is 20.3 Å². The van der Waals surface area contributed by atoms with Crippen LogP contribution in [-0.2, 0) is 15.7 Å². The van der Waals surface area contributed by atoms with E-state index in [-0.39, 0.29) is 21.8 Å². The van der Waals surface area contributed by atoms with Crippen LogP contribution in [0.3, 0.4) is 0 Å². The molecule has 1 aliphatic rings. The normalized spacial score (nSPS) is 19.2. The standard InChI is InChI=1S/C20H15F3N4O3S/c1-20(12-4-6-24-7-5-12)26-16-3-2-11(8-17(16)31(29,30)27-20)19(28)25-13-9-14(21)18(23)15(22)10-13/h2-10,26-27H,1H3,(H,25,28). The third-order valence-corrected chi connectivity index (χ3v) is 6.35. The number of halogens is 3. The minimum absolute atomic E-state index is 0.0800. The van der Waals surface area contributed by atoms with Crippen molar-refractivity contribution in [3.63, 3.8) is 0 Å². The number of carbonyl (C=O) groups is 1. The molecule has 1 unspecified atom stereocenters. The second-order valence-electron chi connectivity index (χ2n) is 7.01. The molecule has 1 atom stereocenters. The molecule has 0 spiro atoms. The monoisotopic (exact) mass is 448 g/mol. The van der Waals surface area contributed by atoms with Gasteiger partial charge in [0.15, 0.2) is 17.5 Å². The van der Waals surface area contributed by atoms with Gasteiger partial charge in [0, 0.05) is 35.8 Å². The molecule has 11 heteroatoms. The summed E-state index contributed by atoms with van der Waals surface area (Å²) < 4.78 is 68.1. The Balaban J connectivity index is 1.66. The highest BCUT2D eigenvalue weighted by atomic mass is 32.2. The number of benzene rings is 2. The Morgan fingerprint density at radius 1 is 1.03 bits per heavy atom. The van der Waals surface area contributed by atoms with Crippen LogP contribution in [0.4, 0.5) is 24.5 Å². The third-order valence-electron chi connectivity index (χ3n) is 4.76. The maximum atomic E-state index is 13.4. The molecule has 0 saturated carbocycles. The van der Waals surface area contributed by atoms with Crippen molar-refractivity contribution in [2.24, 2.45) is 0 Å². The molecule has 3 aromatic rings. The Labute approximate surface area is 175 Å². The first-order chi connectivity index (χ1) is 14.6. The van der Waals surface area contributed by atoms with E-state index in [1.807, 2.05) is 0 Å². The molecule has 3 N–H and O–H groups in total. The molecular formula is C20H15F3N4O3S. The zero-order chi connectivity index (χ0) is 22.4. The van der Waals surface area contributed by atoms with Crippen molar-refractivity contribution in [3.8, 4) is 0 Å². The SMILES string of the molecule is CC1(c2ccncc2)Nc2ccc(C(=O)Nc3cc(F)c(F)c(F)c3)cc2S(=O)(=O)N1. The van der Waals surface area contributed by atoms with Gasteiger partial charge in [0.25, 0.3) is 5.91 Å². The van der Waals surface area contributed by atoms with Gasteiger partial charge in [0.2, 0.25) is 10.0 Å². The molecule has 160 valence electrons. The maximum absolute atomic E-state index is 13.4. The van der Waals surface area contributed by atoms with E-state index >= 15 is 0 Å². The molecule has 0 fully saturated rings. The summed E-state index contributed by atoms with van der Waals surface area (Å²) in [4.78, 5) is 16.2. The van der Waals surface area contributed by atoms with E-state index in [4.69, 9.17) is 0 Å². The van der Waals surface area contributed by atoms with Crippen molar-refractivity contribution in [2.75, 3.05) is 10.6 Å². The summed E-state index contributed by atoms with van der Waals surface area (Å²) in [6, 6.07) is 8.44. The second kappa shape index (κ2) is 7.36. The topological polar surface area (TPSA) is 100 Å². The molecule has 2 heterocycles. The summed E-state index contributed by atoms with van der Waals surface area (Å²) >= 11 is 0. The Morgan fingerprint density at radius 3 is 2.32 bits per heavy atom. The second-order valence-corrected chi connectivity index (χ2v) is 8.66. The highest BCUT2D eigenvalue weighted by Gasteiger charge is 2.39. The van der Waals surface area contributed by atoms with Gasteiger partial charge in [-0.25, -0.2) is 21.6 Å². The van der Waals surface area contributed by atoms with Crippen LogP contribution in [0, 0.1) is 17.5 Å². The maximum Gasteiger partial charge on any atom is 0.255 e. The predicted octanol–water partition coefficient (Wildman–Crippen LogP) is 3.33. The Kier molecular flexibility index (Phi) is 4.94. The van der Waals surface area contributed by atoms with Gasteiger partial charge in [-0.15, -0.1) is 0 Å². The molecule has 0 saturated heterocycles. The number of nitrogens with one attached hydrogen (secondary N) is 3. The number of fused-ring (bicyclic) bond motifs is 1. The van der Waals surface area contributed by atoms with Crippen molar-refractivity contribution >= 4 is 27.3 Å². The molecule has 7 nitrogen and oxygen atoms in total. The molecule has 1 aromatic heterocycles. The molecular weight excluding hydrogens is 433 g/mol. The fourth-order valence-corrected chi connectivity index (χ4v) is 4.76. The van der Waals surface area contributed by atoms with Crippen molar-refractivity contribution in [1.82, 2.24) is 9.71 Å². The number of rotatable bonds is 3. The van der Waals surface area contributed by atoms with Crippen LogP contribution < -0.4 is 15.4 Å². The zero-order valence-electron chi connectivity index (χ0n) is 15.9. The Bertz CT molecular complexity index is 1280. The summed E-state index contributed by atoms with van der Waals surface area (Å²) in [6.45, 7) is 1.64. The van der Waals surface area contributed by atoms with Gasteiger partial charge in [-0.1, -0.05) is 0 Å². The number of nitrogens with zero attached hydrogens (tertiary/aromatic N) is 1. The number of pyridine rings is 1. The molecule has 4 rings (SSSR count). The van der Waals surface area contributed by atoms with Gasteiger partial charge in [-0.3, -0.25) is 9.78 Å². The van der Waals surface area contributed by atoms with Gasteiger partial charge < -0.3 is 10.6 Å². The molecule has 1 amide bonds. The highest BCUT2D eigenvalue weighted by Crippen LogP contribution is 2.35. The predicted molar refractivity (Wildman–Crippen MR) is 106 cm³/mol. The van der Waals surface area contributed by atoms with Gasteiger partial charge >= 0.3 is 0 Å². The molecule has 0 aliphatic carbocycles. The van der Waals surface area contributed by atoms with Crippen molar-refractivity contribution in [1.29, 1.82) is 0 Å². The van der Waals surface area contributed by atoms with Crippen molar-refractivity contribution in [3.05, 3.63) is 83.4 Å². The minimum Gasteiger partial charge on any atom is -0.362 e. The van der Waals surface area contributed by atoms with Gasteiger partial charge in [0.05, 0.1) is 5.69 Å². The van der Waals surface area contributed by atoms with Crippen molar-refractivity contribution in [2.45, 2.75) is 17.5 Å². The Morgan fingerprint density at radius 2 is 1.68 bits per heavy atom. The number of hydrogen-bond acceptors (Lipinski definition) is 5. The Hall–Kier alpha value is -3.44. The van der Waals surface area contributed by atoms with Gasteiger partial charge in [-0.05, 0) is 42.8 Å². The van der Waals surface area contributed by atoms with E-state index in [0.29, 0.717) is 17.7 Å². The zero-order valence-corrected chi connectivity index (χ0v) is 16.7. The van der Waals surface area contributed by atoms with Gasteiger partial charge in [-0.2, -0.15) is 4.72 Å². The lowest BCUT2D eigenvalue weighted by Gasteiger charge is -2.37. The molecule has 1 aliphatic heterocycles. The van der Waals surface area contributed by atoms with Crippen LogP contribution in [0.2, 0.25) is 0 Å². The third kappa shape index (κ3) is 3.84. The van der Waals surface area contributed by atoms with E-state index in [0.717, 1.165) is 6.07 Å². The summed E-state index contributed by atoms with van der Waals surface area (Å²) in [5.41, 5.74) is -0.665.